The van der Waals surface area contributed by atoms with Crippen LogP contribution in [-0.2, 0) is 9.47 Å². The number of ether oxygens (including phenoxy) is 2. The van der Waals surface area contributed by atoms with E-state index in [-0.39, 0.29) is 12.1 Å². The van der Waals surface area contributed by atoms with Gasteiger partial charge >= 0.3 is 0 Å². The van der Waals surface area contributed by atoms with Crippen molar-refractivity contribution >= 4 is 6.02 Å². The average Bonchev–Trinajstić information content (AvgIpc) is 2.81. The molecule has 18 heavy (non-hydrogen) atoms. The number of aliphatic imine (C=N–C) groups is 1. The fourth-order valence-electron chi connectivity index (χ4n) is 2.14. The highest BCUT2D eigenvalue weighted by Gasteiger charge is 2.19. The molecule has 4 nitrogen and oxygen atoms in total. The van der Waals surface area contributed by atoms with Gasteiger partial charge in [0.2, 0.25) is 0 Å². The van der Waals surface area contributed by atoms with Crippen LogP contribution in [0.3, 0.4) is 0 Å². The summed E-state index contributed by atoms with van der Waals surface area (Å²) in [7, 11) is 0. The summed E-state index contributed by atoms with van der Waals surface area (Å²) < 4.78 is 10.9. The molecule has 1 aliphatic rings. The molecule has 2 unspecified atom stereocenters. The molecule has 0 saturated heterocycles. The Hall–Kier alpha value is -1.55. The summed E-state index contributed by atoms with van der Waals surface area (Å²) in [6.07, 6.45) is 2.00. The number of rotatable bonds is 6. The summed E-state index contributed by atoms with van der Waals surface area (Å²) >= 11 is 0. The second kappa shape index (κ2) is 6.40. The van der Waals surface area contributed by atoms with Crippen LogP contribution in [0.2, 0.25) is 0 Å². The lowest BCUT2D eigenvalue weighted by Crippen LogP contribution is -2.11. The van der Waals surface area contributed by atoms with E-state index in [4.69, 9.17) is 15.2 Å². The topological polar surface area (TPSA) is 56.8 Å². The first kappa shape index (κ1) is 12.9. The monoisotopic (exact) mass is 248 g/mol. The number of nitrogens with zero attached hydrogens (tertiary/aromatic N) is 1. The van der Waals surface area contributed by atoms with Crippen molar-refractivity contribution in [2.24, 2.45) is 10.7 Å². The molecule has 1 heterocycles. The minimum Gasteiger partial charge on any atom is -0.463 e. The smallest absolute Gasteiger partial charge is 0.282 e. The molecule has 2 rings (SSSR count). The maximum Gasteiger partial charge on any atom is 0.282 e. The Labute approximate surface area is 108 Å². The molecule has 0 fully saturated rings. The number of hydrogen-bond donors (Lipinski definition) is 1. The van der Waals surface area contributed by atoms with Crippen LogP contribution >= 0.6 is 0 Å². The molecule has 1 aromatic carbocycles. The van der Waals surface area contributed by atoms with Crippen molar-refractivity contribution in [2.45, 2.75) is 31.9 Å². The molecule has 0 bridgehead atoms. The van der Waals surface area contributed by atoms with E-state index in [9.17, 15) is 0 Å². The first-order valence-corrected chi connectivity index (χ1v) is 6.42. The zero-order valence-electron chi connectivity index (χ0n) is 10.7. The van der Waals surface area contributed by atoms with Gasteiger partial charge in [-0.05, 0) is 25.3 Å². The highest BCUT2D eigenvalue weighted by atomic mass is 16.5. The van der Waals surface area contributed by atoms with E-state index in [1.54, 1.807) is 0 Å². The van der Waals surface area contributed by atoms with Crippen molar-refractivity contribution in [2.75, 3.05) is 13.2 Å². The molecule has 0 aliphatic carbocycles. The van der Waals surface area contributed by atoms with Gasteiger partial charge in [0, 0.05) is 6.61 Å². The van der Waals surface area contributed by atoms with Gasteiger partial charge in [-0.25, -0.2) is 4.99 Å². The van der Waals surface area contributed by atoms with Crippen LogP contribution in [0.25, 0.3) is 0 Å². The summed E-state index contributed by atoms with van der Waals surface area (Å²) in [4.78, 5) is 4.23. The molecule has 1 aliphatic heterocycles. The molecule has 98 valence electrons. The predicted molar refractivity (Wildman–Crippen MR) is 71.4 cm³/mol. The van der Waals surface area contributed by atoms with Crippen LogP contribution in [0.5, 0.6) is 0 Å². The highest BCUT2D eigenvalue weighted by Crippen LogP contribution is 2.24. The highest BCUT2D eigenvalue weighted by molar-refractivity contribution is 5.72. The molecule has 0 radical (unpaired) electrons. The lowest BCUT2D eigenvalue weighted by Gasteiger charge is -2.18. The molecular formula is C14H20N2O2. The minimum atomic E-state index is 0.133. The van der Waals surface area contributed by atoms with Gasteiger partial charge in [0.05, 0.1) is 12.1 Å². The largest absolute Gasteiger partial charge is 0.463 e. The van der Waals surface area contributed by atoms with Crippen LogP contribution < -0.4 is 5.73 Å². The van der Waals surface area contributed by atoms with E-state index in [2.05, 4.69) is 17.1 Å². The maximum atomic E-state index is 5.79. The Bertz CT molecular complexity index is 392. The van der Waals surface area contributed by atoms with Crippen LogP contribution in [0, 0.1) is 0 Å². The number of nitrogens with two attached hydrogens (primary N) is 1. The number of amidine groups is 1. The summed E-state index contributed by atoms with van der Waals surface area (Å²) in [5, 5.41) is 0. The molecule has 0 aromatic heterocycles. The average molecular weight is 248 g/mol. The third-order valence-corrected chi connectivity index (χ3v) is 3.03. The van der Waals surface area contributed by atoms with Crippen molar-refractivity contribution in [1.29, 1.82) is 0 Å². The van der Waals surface area contributed by atoms with Crippen molar-refractivity contribution < 1.29 is 9.47 Å². The Morgan fingerprint density at radius 2 is 2.22 bits per heavy atom. The molecule has 1 aromatic rings. The third-order valence-electron chi connectivity index (χ3n) is 3.03. The first-order chi connectivity index (χ1) is 8.79. The Kier molecular flexibility index (Phi) is 4.59. The SMILES string of the molecule is CCOC(CCC1COC(N)=N1)c1ccccc1. The first-order valence-electron chi connectivity index (χ1n) is 6.42. The van der Waals surface area contributed by atoms with E-state index in [0.717, 1.165) is 12.8 Å². The number of benzene rings is 1. The van der Waals surface area contributed by atoms with Gasteiger partial charge in [-0.2, -0.15) is 0 Å². The molecule has 0 saturated carbocycles. The summed E-state index contributed by atoms with van der Waals surface area (Å²) in [5.74, 6) is 0. The third kappa shape index (κ3) is 3.47. The normalized spacial score (nSPS) is 20.3. The van der Waals surface area contributed by atoms with Gasteiger partial charge in [-0.1, -0.05) is 30.3 Å². The van der Waals surface area contributed by atoms with Crippen molar-refractivity contribution in [3.05, 3.63) is 35.9 Å². The number of hydrogen-bond acceptors (Lipinski definition) is 4. The lowest BCUT2D eigenvalue weighted by atomic mass is 10.0. The minimum absolute atomic E-state index is 0.133. The fraction of sp³-hybridized carbons (Fsp3) is 0.500. The Morgan fingerprint density at radius 3 is 2.83 bits per heavy atom. The van der Waals surface area contributed by atoms with Gasteiger partial charge in [-0.15, -0.1) is 0 Å². The molecular weight excluding hydrogens is 228 g/mol. The van der Waals surface area contributed by atoms with Crippen molar-refractivity contribution in [1.82, 2.24) is 0 Å². The Balaban J connectivity index is 1.91. The quantitative estimate of drug-likeness (QED) is 0.840. The van der Waals surface area contributed by atoms with Gasteiger partial charge in [0.1, 0.15) is 6.61 Å². The van der Waals surface area contributed by atoms with E-state index >= 15 is 0 Å². The summed E-state index contributed by atoms with van der Waals surface area (Å²) in [5.41, 5.74) is 6.72. The van der Waals surface area contributed by atoms with E-state index in [1.807, 2.05) is 25.1 Å². The lowest BCUT2D eigenvalue weighted by molar-refractivity contribution is 0.0529. The van der Waals surface area contributed by atoms with E-state index in [1.165, 1.54) is 5.56 Å². The van der Waals surface area contributed by atoms with Crippen molar-refractivity contribution in [3.63, 3.8) is 0 Å². The molecule has 0 spiro atoms. The van der Waals surface area contributed by atoms with Crippen molar-refractivity contribution in [3.8, 4) is 0 Å². The molecule has 4 heteroatoms. The van der Waals surface area contributed by atoms with E-state index < -0.39 is 0 Å². The van der Waals surface area contributed by atoms with Gasteiger partial charge < -0.3 is 15.2 Å². The zero-order chi connectivity index (χ0) is 12.8. The van der Waals surface area contributed by atoms with Crippen LogP contribution in [-0.4, -0.2) is 25.3 Å². The van der Waals surface area contributed by atoms with Gasteiger partial charge in [-0.3, -0.25) is 0 Å². The predicted octanol–water partition coefficient (Wildman–Crippen LogP) is 2.26. The van der Waals surface area contributed by atoms with Crippen LogP contribution in [0.4, 0.5) is 0 Å². The van der Waals surface area contributed by atoms with Crippen LogP contribution in [0.1, 0.15) is 31.4 Å². The zero-order valence-corrected chi connectivity index (χ0v) is 10.7. The van der Waals surface area contributed by atoms with Gasteiger partial charge in [0.25, 0.3) is 6.02 Å². The fourth-order valence-corrected chi connectivity index (χ4v) is 2.14. The van der Waals surface area contributed by atoms with Gasteiger partial charge in [0.15, 0.2) is 0 Å². The Morgan fingerprint density at radius 1 is 1.44 bits per heavy atom. The molecule has 0 amide bonds. The molecule has 2 N–H and O–H groups in total. The molecule has 2 atom stereocenters. The van der Waals surface area contributed by atoms with E-state index in [0.29, 0.717) is 19.2 Å². The summed E-state index contributed by atoms with van der Waals surface area (Å²) in [6, 6.07) is 10.8. The maximum absolute atomic E-state index is 5.79. The van der Waals surface area contributed by atoms with Crippen LogP contribution in [0.15, 0.2) is 35.3 Å². The second-order valence-corrected chi connectivity index (χ2v) is 4.36. The summed E-state index contributed by atoms with van der Waals surface area (Å²) in [6.45, 7) is 3.33. The standard InChI is InChI=1S/C14H20N2O2/c1-2-17-13(11-6-4-3-5-7-11)9-8-12-10-18-14(15)16-12/h3-7,12-13H,2,8-10H2,1H3,(H2,15,16). The second-order valence-electron chi connectivity index (χ2n) is 4.36.